The first kappa shape index (κ1) is 11.5. The lowest BCUT2D eigenvalue weighted by Gasteiger charge is -2.00. The number of hydrogen-bond donors (Lipinski definition) is 2. The maximum Gasteiger partial charge on any atom is 0.282 e. The molecule has 0 aromatic carbocycles. The molecular formula is C10H9F2N7. The molecule has 7 nitrogen and oxygen atoms in total. The van der Waals surface area contributed by atoms with E-state index in [9.17, 15) is 8.78 Å². The molecule has 0 amide bonds. The quantitative estimate of drug-likeness (QED) is 0.729. The van der Waals surface area contributed by atoms with E-state index in [1.165, 1.54) is 11.0 Å². The second-order valence-electron chi connectivity index (χ2n) is 3.95. The highest BCUT2D eigenvalue weighted by Crippen LogP contribution is 2.30. The molecule has 0 radical (unpaired) electrons. The molecule has 0 atom stereocenters. The molecule has 3 N–H and O–H groups in total. The van der Waals surface area contributed by atoms with Crippen molar-refractivity contribution in [3.8, 4) is 5.82 Å². The molecule has 3 rings (SSSR count). The molecular weight excluding hydrogens is 256 g/mol. The molecule has 0 aliphatic heterocycles. The largest absolute Gasteiger partial charge is 0.383 e. The second-order valence-corrected chi connectivity index (χ2v) is 3.95. The number of nitrogen functional groups attached to an aromatic ring is 1. The van der Waals surface area contributed by atoms with Crippen LogP contribution in [0.25, 0.3) is 16.9 Å². The normalized spacial score (nSPS) is 11.6. The molecule has 98 valence electrons. The van der Waals surface area contributed by atoms with Crippen LogP contribution >= 0.6 is 0 Å². The summed E-state index contributed by atoms with van der Waals surface area (Å²) in [5.41, 5.74) is 6.08. The summed E-state index contributed by atoms with van der Waals surface area (Å²) < 4.78 is 27.1. The van der Waals surface area contributed by atoms with Crippen molar-refractivity contribution in [1.82, 2.24) is 29.9 Å². The number of hydrogen-bond acceptors (Lipinski definition) is 5. The first-order valence-electron chi connectivity index (χ1n) is 5.37. The van der Waals surface area contributed by atoms with Gasteiger partial charge in [-0.15, -0.1) is 0 Å². The fraction of sp³-hybridized carbons (Fsp3) is 0.200. The Bertz CT molecular complexity index is 746. The van der Waals surface area contributed by atoms with Gasteiger partial charge in [0.15, 0.2) is 11.5 Å². The fourth-order valence-electron chi connectivity index (χ4n) is 1.83. The number of aryl methyl sites for hydroxylation is 1. The molecule has 0 aliphatic carbocycles. The van der Waals surface area contributed by atoms with E-state index >= 15 is 0 Å². The highest BCUT2D eigenvalue weighted by Gasteiger charge is 2.24. The Kier molecular flexibility index (Phi) is 2.40. The molecule has 0 saturated heterocycles. The fourth-order valence-corrected chi connectivity index (χ4v) is 1.83. The minimum absolute atomic E-state index is 0.0577. The van der Waals surface area contributed by atoms with Crippen LogP contribution in [0.4, 0.5) is 14.6 Å². The van der Waals surface area contributed by atoms with Gasteiger partial charge in [-0.3, -0.25) is 5.10 Å². The third-order valence-electron chi connectivity index (χ3n) is 2.65. The molecule has 3 aromatic heterocycles. The van der Waals surface area contributed by atoms with Crippen molar-refractivity contribution in [3.05, 3.63) is 23.8 Å². The molecule has 0 unspecified atom stereocenters. The third-order valence-corrected chi connectivity index (χ3v) is 2.65. The zero-order chi connectivity index (χ0) is 13.6. The van der Waals surface area contributed by atoms with E-state index in [4.69, 9.17) is 5.73 Å². The lowest BCUT2D eigenvalue weighted by Crippen LogP contribution is -2.02. The Morgan fingerprint density at radius 2 is 2.16 bits per heavy atom. The van der Waals surface area contributed by atoms with Gasteiger partial charge in [0.25, 0.3) is 6.43 Å². The van der Waals surface area contributed by atoms with Crippen LogP contribution in [0, 0.1) is 6.92 Å². The van der Waals surface area contributed by atoms with Crippen molar-refractivity contribution < 1.29 is 8.78 Å². The summed E-state index contributed by atoms with van der Waals surface area (Å²) in [5.74, 6) is 0.415. The maximum atomic E-state index is 13.0. The summed E-state index contributed by atoms with van der Waals surface area (Å²) in [7, 11) is 0. The van der Waals surface area contributed by atoms with Crippen LogP contribution in [-0.2, 0) is 0 Å². The monoisotopic (exact) mass is 265 g/mol. The minimum atomic E-state index is -2.74. The number of halogens is 2. The topological polar surface area (TPSA) is 98.3 Å². The highest BCUT2D eigenvalue weighted by atomic mass is 19.3. The molecule has 0 fully saturated rings. The maximum absolute atomic E-state index is 13.0. The van der Waals surface area contributed by atoms with Gasteiger partial charge in [-0.1, -0.05) is 0 Å². The number of alkyl halides is 2. The smallest absolute Gasteiger partial charge is 0.282 e. The molecule has 0 saturated carbocycles. The minimum Gasteiger partial charge on any atom is -0.383 e. The van der Waals surface area contributed by atoms with Gasteiger partial charge in [0.2, 0.25) is 0 Å². The van der Waals surface area contributed by atoms with Crippen molar-refractivity contribution in [2.45, 2.75) is 13.3 Å². The van der Waals surface area contributed by atoms with E-state index in [0.717, 1.165) is 0 Å². The van der Waals surface area contributed by atoms with Crippen molar-refractivity contribution in [2.24, 2.45) is 0 Å². The van der Waals surface area contributed by atoms with E-state index in [1.54, 1.807) is 13.0 Å². The van der Waals surface area contributed by atoms with E-state index < -0.39 is 12.1 Å². The van der Waals surface area contributed by atoms with Gasteiger partial charge in [0.05, 0.1) is 5.39 Å². The van der Waals surface area contributed by atoms with Gasteiger partial charge in [0.1, 0.15) is 17.8 Å². The summed E-state index contributed by atoms with van der Waals surface area (Å²) in [6.45, 7) is 1.76. The standard InChI is InChI=1S/C10H9F2N7/c1-4-2-5(15-3-14-4)19-10-6(9(13)16-17-10)7(18-19)8(11)12/h2-3,8H,1H3,(H3,13,16,17). The Hall–Kier alpha value is -2.58. The van der Waals surface area contributed by atoms with E-state index in [0.29, 0.717) is 11.5 Å². The molecule has 0 aliphatic rings. The van der Waals surface area contributed by atoms with Gasteiger partial charge >= 0.3 is 0 Å². The van der Waals surface area contributed by atoms with Crippen molar-refractivity contribution in [1.29, 1.82) is 0 Å². The predicted octanol–water partition coefficient (Wildman–Crippen LogP) is 1.37. The van der Waals surface area contributed by atoms with Gasteiger partial charge in [-0.25, -0.2) is 18.7 Å². The lowest BCUT2D eigenvalue weighted by atomic mass is 10.3. The molecule has 9 heteroatoms. The summed E-state index contributed by atoms with van der Waals surface area (Å²) in [6, 6.07) is 1.62. The molecule has 0 bridgehead atoms. The predicted molar refractivity (Wildman–Crippen MR) is 62.9 cm³/mol. The van der Waals surface area contributed by atoms with Crippen LogP contribution in [0.15, 0.2) is 12.4 Å². The molecule has 0 spiro atoms. The van der Waals surface area contributed by atoms with Gasteiger partial charge in [-0.05, 0) is 6.92 Å². The van der Waals surface area contributed by atoms with Crippen LogP contribution in [0.3, 0.4) is 0 Å². The lowest BCUT2D eigenvalue weighted by molar-refractivity contribution is 0.147. The van der Waals surface area contributed by atoms with Crippen LogP contribution in [0.5, 0.6) is 0 Å². The number of nitrogens with two attached hydrogens (primary N) is 1. The number of nitrogens with one attached hydrogen (secondary N) is 1. The first-order valence-corrected chi connectivity index (χ1v) is 5.37. The number of nitrogens with zero attached hydrogens (tertiary/aromatic N) is 5. The summed E-state index contributed by atoms with van der Waals surface area (Å²) in [5, 5.41) is 10.3. The average Bonchev–Trinajstić information content (AvgIpc) is 2.90. The van der Waals surface area contributed by atoms with E-state index in [2.05, 4.69) is 25.3 Å². The second kappa shape index (κ2) is 3.97. The summed E-state index contributed by atoms with van der Waals surface area (Å²) in [4.78, 5) is 7.93. The number of aromatic amines is 1. The summed E-state index contributed by atoms with van der Waals surface area (Å²) >= 11 is 0. The Morgan fingerprint density at radius 1 is 1.37 bits per heavy atom. The number of aromatic nitrogens is 6. The Labute approximate surface area is 105 Å². The number of anilines is 1. The average molecular weight is 265 g/mol. The first-order chi connectivity index (χ1) is 9.08. The third kappa shape index (κ3) is 1.70. The zero-order valence-electron chi connectivity index (χ0n) is 9.80. The highest BCUT2D eigenvalue weighted by molar-refractivity contribution is 5.89. The van der Waals surface area contributed by atoms with E-state index in [1.807, 2.05) is 0 Å². The van der Waals surface area contributed by atoms with Crippen molar-refractivity contribution in [3.63, 3.8) is 0 Å². The van der Waals surface area contributed by atoms with Gasteiger partial charge in [0, 0.05) is 11.8 Å². The zero-order valence-corrected chi connectivity index (χ0v) is 9.80. The molecule has 19 heavy (non-hydrogen) atoms. The van der Waals surface area contributed by atoms with Gasteiger partial charge < -0.3 is 5.73 Å². The Balaban J connectivity index is 2.30. The van der Waals surface area contributed by atoms with Crippen LogP contribution < -0.4 is 5.73 Å². The number of fused-ring (bicyclic) bond motifs is 1. The van der Waals surface area contributed by atoms with Crippen LogP contribution in [0.2, 0.25) is 0 Å². The summed E-state index contributed by atoms with van der Waals surface area (Å²) in [6.07, 6.45) is -1.41. The van der Waals surface area contributed by atoms with Gasteiger partial charge in [-0.2, -0.15) is 14.9 Å². The molecule has 3 heterocycles. The van der Waals surface area contributed by atoms with E-state index in [-0.39, 0.29) is 16.9 Å². The Morgan fingerprint density at radius 3 is 2.84 bits per heavy atom. The number of rotatable bonds is 2. The number of H-pyrrole nitrogens is 1. The van der Waals surface area contributed by atoms with Crippen molar-refractivity contribution in [2.75, 3.05) is 5.73 Å². The molecule has 3 aromatic rings. The SMILES string of the molecule is Cc1cc(-n2nc(C(F)F)c3c(N)[nH]nc32)ncn1. The van der Waals surface area contributed by atoms with Crippen molar-refractivity contribution >= 4 is 16.9 Å². The van der Waals surface area contributed by atoms with Crippen LogP contribution in [0.1, 0.15) is 17.8 Å². The van der Waals surface area contributed by atoms with Crippen LogP contribution in [-0.4, -0.2) is 29.9 Å².